The molecule has 19 heavy (non-hydrogen) atoms. The lowest BCUT2D eigenvalue weighted by atomic mass is 9.99. The Kier molecular flexibility index (Phi) is 6.67. The second-order valence-corrected chi connectivity index (χ2v) is 4.92. The summed E-state index contributed by atoms with van der Waals surface area (Å²) in [5.41, 5.74) is -0.283. The van der Waals surface area contributed by atoms with Gasteiger partial charge in [0.2, 0.25) is 0 Å². The second-order valence-electron chi connectivity index (χ2n) is 4.92. The Morgan fingerprint density at radius 2 is 2.05 bits per heavy atom. The topological polar surface area (TPSA) is 50.7 Å². The molecule has 0 heterocycles. The van der Waals surface area contributed by atoms with E-state index < -0.39 is 0 Å². The monoisotopic (exact) mass is 267 g/mol. The van der Waals surface area contributed by atoms with Crippen LogP contribution in [-0.4, -0.2) is 37.5 Å². The summed E-state index contributed by atoms with van der Waals surface area (Å²) in [6.07, 6.45) is 1.80. The molecule has 0 bridgehead atoms. The van der Waals surface area contributed by atoms with Crippen molar-refractivity contribution in [1.82, 2.24) is 5.32 Å². The van der Waals surface area contributed by atoms with Gasteiger partial charge in [0.25, 0.3) is 0 Å². The maximum atomic E-state index is 9.45. The van der Waals surface area contributed by atoms with Crippen molar-refractivity contribution in [2.45, 2.75) is 32.2 Å². The highest BCUT2D eigenvalue weighted by Gasteiger charge is 2.21. The summed E-state index contributed by atoms with van der Waals surface area (Å²) in [5.74, 6) is 1.57. The van der Waals surface area contributed by atoms with Crippen molar-refractivity contribution in [3.8, 4) is 11.5 Å². The van der Waals surface area contributed by atoms with Crippen LogP contribution in [0.25, 0.3) is 0 Å². The van der Waals surface area contributed by atoms with Gasteiger partial charge in [0.1, 0.15) is 11.5 Å². The number of hydrogen-bond acceptors (Lipinski definition) is 4. The highest BCUT2D eigenvalue weighted by atomic mass is 16.5. The van der Waals surface area contributed by atoms with E-state index in [9.17, 15) is 5.11 Å². The summed E-state index contributed by atoms with van der Waals surface area (Å²) >= 11 is 0. The van der Waals surface area contributed by atoms with Gasteiger partial charge in [-0.2, -0.15) is 0 Å². The molecule has 1 aromatic carbocycles. The van der Waals surface area contributed by atoms with Crippen molar-refractivity contribution < 1.29 is 14.6 Å². The molecular formula is C15H25NO3. The van der Waals surface area contributed by atoms with Crippen molar-refractivity contribution in [3.05, 3.63) is 24.3 Å². The Morgan fingerprint density at radius 3 is 2.68 bits per heavy atom. The van der Waals surface area contributed by atoms with E-state index >= 15 is 0 Å². The van der Waals surface area contributed by atoms with E-state index in [0.717, 1.165) is 30.9 Å². The number of hydrogen-bond donors (Lipinski definition) is 2. The minimum atomic E-state index is -0.283. The average Bonchev–Trinajstić information content (AvgIpc) is 2.45. The lowest BCUT2D eigenvalue weighted by molar-refractivity contribution is 0.144. The molecule has 0 aliphatic carbocycles. The van der Waals surface area contributed by atoms with Gasteiger partial charge in [0, 0.05) is 18.0 Å². The van der Waals surface area contributed by atoms with E-state index in [4.69, 9.17) is 9.47 Å². The van der Waals surface area contributed by atoms with Crippen LogP contribution in [-0.2, 0) is 0 Å². The van der Waals surface area contributed by atoms with E-state index in [2.05, 4.69) is 12.2 Å². The number of methoxy groups -OCH3 is 1. The quantitative estimate of drug-likeness (QED) is 0.720. The first-order valence-electron chi connectivity index (χ1n) is 6.76. The minimum absolute atomic E-state index is 0.106. The van der Waals surface area contributed by atoms with Crippen LogP contribution in [0.1, 0.15) is 26.7 Å². The Labute approximate surface area is 115 Å². The number of nitrogens with one attached hydrogen (secondary N) is 1. The van der Waals surface area contributed by atoms with Gasteiger partial charge in [-0.15, -0.1) is 0 Å². The van der Waals surface area contributed by atoms with Crippen LogP contribution in [0.2, 0.25) is 0 Å². The van der Waals surface area contributed by atoms with Gasteiger partial charge >= 0.3 is 0 Å². The third-order valence-corrected chi connectivity index (χ3v) is 3.11. The van der Waals surface area contributed by atoms with E-state index in [1.54, 1.807) is 7.11 Å². The van der Waals surface area contributed by atoms with E-state index in [1.807, 2.05) is 31.2 Å². The molecular weight excluding hydrogens is 242 g/mol. The van der Waals surface area contributed by atoms with Crippen molar-refractivity contribution in [1.29, 1.82) is 0 Å². The van der Waals surface area contributed by atoms with Crippen molar-refractivity contribution in [2.75, 3.05) is 26.9 Å². The second kappa shape index (κ2) is 8.02. The van der Waals surface area contributed by atoms with E-state index in [0.29, 0.717) is 6.61 Å². The first kappa shape index (κ1) is 15.8. The standard InChI is InChI=1S/C15H25NO3/c1-4-9-16-15(2,12-17)8-10-19-14-7-5-6-13(11-14)18-3/h5-7,11,16-17H,4,8-10,12H2,1-3H3. The number of benzene rings is 1. The number of aliphatic hydroxyl groups is 1. The molecule has 2 N–H and O–H groups in total. The number of ether oxygens (including phenoxy) is 2. The third-order valence-electron chi connectivity index (χ3n) is 3.11. The van der Waals surface area contributed by atoms with E-state index in [-0.39, 0.29) is 12.1 Å². The molecule has 0 spiro atoms. The molecule has 1 rings (SSSR count). The van der Waals surface area contributed by atoms with Crippen molar-refractivity contribution >= 4 is 0 Å². The fourth-order valence-electron chi connectivity index (χ4n) is 1.74. The van der Waals surface area contributed by atoms with Gasteiger partial charge in [0.15, 0.2) is 0 Å². The molecule has 0 radical (unpaired) electrons. The molecule has 0 aromatic heterocycles. The summed E-state index contributed by atoms with van der Waals surface area (Å²) in [7, 11) is 1.64. The van der Waals surface area contributed by atoms with Crippen LogP contribution in [0.3, 0.4) is 0 Å². The van der Waals surface area contributed by atoms with Crippen LogP contribution >= 0.6 is 0 Å². The number of rotatable bonds is 9. The predicted molar refractivity (Wildman–Crippen MR) is 76.9 cm³/mol. The third kappa shape index (κ3) is 5.49. The molecule has 4 heteroatoms. The Bertz CT molecular complexity index is 370. The Morgan fingerprint density at radius 1 is 1.32 bits per heavy atom. The van der Waals surface area contributed by atoms with Crippen LogP contribution in [0.15, 0.2) is 24.3 Å². The van der Waals surface area contributed by atoms with Gasteiger partial charge in [-0.25, -0.2) is 0 Å². The maximum absolute atomic E-state index is 9.45. The molecule has 0 aliphatic rings. The molecule has 0 aliphatic heterocycles. The fourth-order valence-corrected chi connectivity index (χ4v) is 1.74. The van der Waals surface area contributed by atoms with Gasteiger partial charge < -0.3 is 19.9 Å². The molecule has 0 fully saturated rings. The summed E-state index contributed by atoms with van der Waals surface area (Å²) in [6.45, 7) is 5.68. The van der Waals surface area contributed by atoms with Crippen LogP contribution < -0.4 is 14.8 Å². The van der Waals surface area contributed by atoms with Crippen LogP contribution in [0, 0.1) is 0 Å². The molecule has 0 saturated carbocycles. The zero-order valence-corrected chi connectivity index (χ0v) is 12.1. The first-order valence-corrected chi connectivity index (χ1v) is 6.76. The van der Waals surface area contributed by atoms with Crippen LogP contribution in [0.5, 0.6) is 11.5 Å². The lowest BCUT2D eigenvalue weighted by Gasteiger charge is -2.28. The summed E-state index contributed by atoms with van der Waals surface area (Å²) in [4.78, 5) is 0. The molecule has 1 aromatic rings. The average molecular weight is 267 g/mol. The van der Waals surface area contributed by atoms with Gasteiger partial charge in [-0.05, 0) is 32.0 Å². The highest BCUT2D eigenvalue weighted by Crippen LogP contribution is 2.19. The van der Waals surface area contributed by atoms with Gasteiger partial charge in [-0.1, -0.05) is 13.0 Å². The fraction of sp³-hybridized carbons (Fsp3) is 0.600. The smallest absolute Gasteiger partial charge is 0.122 e. The summed E-state index contributed by atoms with van der Waals surface area (Å²) in [6, 6.07) is 7.54. The Balaban J connectivity index is 2.43. The molecule has 1 atom stereocenters. The Hall–Kier alpha value is -1.26. The predicted octanol–water partition coefficient (Wildman–Crippen LogP) is 2.21. The van der Waals surface area contributed by atoms with Crippen molar-refractivity contribution in [2.24, 2.45) is 0 Å². The SMILES string of the molecule is CCCNC(C)(CO)CCOc1cccc(OC)c1. The zero-order valence-electron chi connectivity index (χ0n) is 12.1. The van der Waals surface area contributed by atoms with Gasteiger partial charge in [-0.3, -0.25) is 0 Å². The first-order chi connectivity index (χ1) is 9.13. The molecule has 108 valence electrons. The summed E-state index contributed by atoms with van der Waals surface area (Å²) in [5, 5.41) is 12.8. The molecule has 0 amide bonds. The van der Waals surface area contributed by atoms with Crippen molar-refractivity contribution in [3.63, 3.8) is 0 Å². The van der Waals surface area contributed by atoms with Gasteiger partial charge in [0.05, 0.1) is 20.3 Å². The van der Waals surface area contributed by atoms with Crippen LogP contribution in [0.4, 0.5) is 0 Å². The lowest BCUT2D eigenvalue weighted by Crippen LogP contribution is -2.47. The van der Waals surface area contributed by atoms with E-state index in [1.165, 1.54) is 0 Å². The normalized spacial score (nSPS) is 13.9. The molecule has 1 unspecified atom stereocenters. The highest BCUT2D eigenvalue weighted by molar-refractivity contribution is 5.32. The summed E-state index contributed by atoms with van der Waals surface area (Å²) < 4.78 is 10.8. The molecule has 4 nitrogen and oxygen atoms in total. The minimum Gasteiger partial charge on any atom is -0.497 e. The zero-order chi connectivity index (χ0) is 14.1. The maximum Gasteiger partial charge on any atom is 0.122 e. The molecule has 0 saturated heterocycles. The largest absolute Gasteiger partial charge is 0.497 e. The number of aliphatic hydroxyl groups excluding tert-OH is 1.